The lowest BCUT2D eigenvalue weighted by Crippen LogP contribution is -2.48. The molecule has 1 aromatic rings. The molecule has 1 N–H and O–H groups in total. The van der Waals surface area contributed by atoms with E-state index >= 15 is 0 Å². The summed E-state index contributed by atoms with van der Waals surface area (Å²) < 4.78 is 16.7. The summed E-state index contributed by atoms with van der Waals surface area (Å²) in [6.45, 7) is 9.07. The monoisotopic (exact) mass is 391 g/mol. The molecule has 1 saturated carbocycles. The lowest BCUT2D eigenvalue weighted by molar-refractivity contribution is -0.147. The number of carbonyl (C=O) groups is 2. The number of ether oxygens (including phenoxy) is 3. The second-order valence-corrected chi connectivity index (χ2v) is 7.36. The third-order valence-corrected chi connectivity index (χ3v) is 4.98. The van der Waals surface area contributed by atoms with E-state index < -0.39 is 11.6 Å². The van der Waals surface area contributed by atoms with Crippen LogP contribution in [0.3, 0.4) is 0 Å². The molecular formula is C22H33NO5. The molecule has 2 rings (SSSR count). The Morgan fingerprint density at radius 2 is 2.00 bits per heavy atom. The van der Waals surface area contributed by atoms with Crippen molar-refractivity contribution in [1.82, 2.24) is 0 Å². The van der Waals surface area contributed by atoms with Crippen molar-refractivity contribution in [2.45, 2.75) is 65.4 Å². The Bertz CT molecular complexity index is 671. The predicted octanol–water partition coefficient (Wildman–Crippen LogP) is 4.58. The van der Waals surface area contributed by atoms with Crippen LogP contribution in [0.1, 0.15) is 70.2 Å². The Morgan fingerprint density at radius 3 is 2.64 bits per heavy atom. The van der Waals surface area contributed by atoms with E-state index in [1.54, 1.807) is 25.1 Å². The van der Waals surface area contributed by atoms with Gasteiger partial charge in [0, 0.05) is 12.3 Å². The summed E-state index contributed by atoms with van der Waals surface area (Å²) in [7, 11) is 0. The van der Waals surface area contributed by atoms with Gasteiger partial charge in [-0.3, -0.25) is 4.79 Å². The molecule has 0 unspecified atom stereocenters. The number of anilines is 1. The van der Waals surface area contributed by atoms with E-state index in [2.05, 4.69) is 12.2 Å². The Hall–Kier alpha value is -2.08. The standard InChI is InChI=1S/C22H33NO5/c1-5-13-27-19-11-10-17(14-18(19)20(24)26-6-2)23-21(25)22(28-7-3)12-8-9-16(4)15-22/h10-11,14,16H,5-9,12-13,15H2,1-4H3,(H,23,25)/t16-,22+/m1/s1. The predicted molar refractivity (Wildman–Crippen MR) is 109 cm³/mol. The molecule has 0 aromatic heterocycles. The van der Waals surface area contributed by atoms with Crippen LogP contribution in [0.5, 0.6) is 5.75 Å². The van der Waals surface area contributed by atoms with E-state index in [0.717, 1.165) is 19.3 Å². The summed E-state index contributed by atoms with van der Waals surface area (Å²) in [5, 5.41) is 2.95. The van der Waals surface area contributed by atoms with Crippen molar-refractivity contribution in [3.05, 3.63) is 23.8 Å². The second-order valence-electron chi connectivity index (χ2n) is 7.36. The molecular weight excluding hydrogens is 358 g/mol. The zero-order valence-corrected chi connectivity index (χ0v) is 17.5. The fourth-order valence-corrected chi connectivity index (χ4v) is 3.74. The van der Waals surface area contributed by atoms with Crippen LogP contribution in [0, 0.1) is 5.92 Å². The summed E-state index contributed by atoms with van der Waals surface area (Å²) in [4.78, 5) is 25.4. The van der Waals surface area contributed by atoms with E-state index in [0.29, 0.717) is 49.0 Å². The second kappa shape index (κ2) is 10.5. The van der Waals surface area contributed by atoms with Crippen molar-refractivity contribution in [2.75, 3.05) is 25.1 Å². The van der Waals surface area contributed by atoms with Crippen molar-refractivity contribution in [1.29, 1.82) is 0 Å². The lowest BCUT2D eigenvalue weighted by Gasteiger charge is -2.38. The van der Waals surface area contributed by atoms with E-state index in [9.17, 15) is 9.59 Å². The summed E-state index contributed by atoms with van der Waals surface area (Å²) in [5.74, 6) is 0.281. The third-order valence-electron chi connectivity index (χ3n) is 4.98. The number of hydrogen-bond acceptors (Lipinski definition) is 5. The van der Waals surface area contributed by atoms with Gasteiger partial charge in [-0.2, -0.15) is 0 Å². The molecule has 0 radical (unpaired) electrons. The smallest absolute Gasteiger partial charge is 0.341 e. The zero-order chi connectivity index (χ0) is 20.6. The van der Waals surface area contributed by atoms with E-state index in [1.807, 2.05) is 13.8 Å². The Kier molecular flexibility index (Phi) is 8.30. The van der Waals surface area contributed by atoms with E-state index in [-0.39, 0.29) is 12.5 Å². The third kappa shape index (κ3) is 5.47. The van der Waals surface area contributed by atoms with Gasteiger partial charge in [0.1, 0.15) is 16.9 Å². The first-order valence-corrected chi connectivity index (χ1v) is 10.3. The molecule has 28 heavy (non-hydrogen) atoms. The van der Waals surface area contributed by atoms with Crippen LogP contribution in [-0.2, 0) is 14.3 Å². The molecule has 6 heteroatoms. The van der Waals surface area contributed by atoms with Crippen LogP contribution >= 0.6 is 0 Å². The fraction of sp³-hybridized carbons (Fsp3) is 0.636. The average molecular weight is 392 g/mol. The van der Waals surface area contributed by atoms with Gasteiger partial charge in [-0.25, -0.2) is 4.79 Å². The molecule has 2 atom stereocenters. The fourth-order valence-electron chi connectivity index (χ4n) is 3.74. The molecule has 0 heterocycles. The minimum Gasteiger partial charge on any atom is -0.493 e. The number of rotatable bonds is 9. The SMILES string of the molecule is CCCOc1ccc(NC(=O)[C@]2(OCC)CCC[C@@H](C)C2)cc1C(=O)OCC. The highest BCUT2D eigenvalue weighted by molar-refractivity contribution is 5.99. The van der Waals surface area contributed by atoms with Gasteiger partial charge < -0.3 is 19.5 Å². The molecule has 1 aliphatic rings. The van der Waals surface area contributed by atoms with E-state index in [1.165, 1.54) is 0 Å². The first-order chi connectivity index (χ1) is 13.5. The Morgan fingerprint density at radius 1 is 1.21 bits per heavy atom. The first kappa shape index (κ1) is 22.2. The van der Waals surface area contributed by atoms with Gasteiger partial charge in [0.2, 0.25) is 0 Å². The number of amides is 1. The Labute approximate surface area is 167 Å². The van der Waals surface area contributed by atoms with Gasteiger partial charge >= 0.3 is 5.97 Å². The zero-order valence-electron chi connectivity index (χ0n) is 17.5. The Balaban J connectivity index is 2.24. The highest BCUT2D eigenvalue weighted by Gasteiger charge is 2.42. The summed E-state index contributed by atoms with van der Waals surface area (Å²) in [6, 6.07) is 5.07. The number of hydrogen-bond donors (Lipinski definition) is 1. The van der Waals surface area contributed by atoms with Crippen molar-refractivity contribution in [3.8, 4) is 5.75 Å². The van der Waals surface area contributed by atoms with Crippen LogP contribution in [0.4, 0.5) is 5.69 Å². The summed E-state index contributed by atoms with van der Waals surface area (Å²) in [5.41, 5.74) is 0.0400. The van der Waals surface area contributed by atoms with Gasteiger partial charge in [0.25, 0.3) is 5.91 Å². The van der Waals surface area contributed by atoms with Crippen LogP contribution in [0.15, 0.2) is 18.2 Å². The molecule has 1 amide bonds. The normalized spacial score (nSPS) is 21.8. The topological polar surface area (TPSA) is 73.9 Å². The molecule has 0 saturated heterocycles. The van der Waals surface area contributed by atoms with Crippen LogP contribution in [0.2, 0.25) is 0 Å². The van der Waals surface area contributed by atoms with Crippen molar-refractivity contribution in [2.24, 2.45) is 5.92 Å². The largest absolute Gasteiger partial charge is 0.493 e. The molecule has 0 aliphatic heterocycles. The minimum atomic E-state index is -0.812. The quantitative estimate of drug-likeness (QED) is 0.624. The number of esters is 1. The first-order valence-electron chi connectivity index (χ1n) is 10.3. The molecule has 1 aliphatic carbocycles. The van der Waals surface area contributed by atoms with Gasteiger partial charge in [-0.1, -0.05) is 20.3 Å². The van der Waals surface area contributed by atoms with Gasteiger partial charge in [-0.15, -0.1) is 0 Å². The minimum absolute atomic E-state index is 0.155. The highest BCUT2D eigenvalue weighted by Crippen LogP contribution is 2.36. The maximum atomic E-state index is 13.1. The number of carbonyl (C=O) groups excluding carboxylic acids is 2. The van der Waals surface area contributed by atoms with E-state index in [4.69, 9.17) is 14.2 Å². The molecule has 156 valence electrons. The maximum Gasteiger partial charge on any atom is 0.341 e. The molecule has 0 spiro atoms. The molecule has 0 bridgehead atoms. The lowest BCUT2D eigenvalue weighted by atomic mass is 9.78. The van der Waals surface area contributed by atoms with Gasteiger partial charge in [-0.05, 0) is 63.6 Å². The van der Waals surface area contributed by atoms with Gasteiger partial charge in [0.15, 0.2) is 0 Å². The number of nitrogens with one attached hydrogen (secondary N) is 1. The molecule has 1 fully saturated rings. The van der Waals surface area contributed by atoms with Crippen molar-refractivity contribution < 1.29 is 23.8 Å². The maximum absolute atomic E-state index is 13.1. The highest BCUT2D eigenvalue weighted by atomic mass is 16.5. The van der Waals surface area contributed by atoms with Crippen molar-refractivity contribution >= 4 is 17.6 Å². The van der Waals surface area contributed by atoms with Crippen LogP contribution in [-0.4, -0.2) is 37.3 Å². The van der Waals surface area contributed by atoms with Gasteiger partial charge in [0.05, 0.1) is 13.2 Å². The van der Waals surface area contributed by atoms with Crippen LogP contribution in [0.25, 0.3) is 0 Å². The molecule has 1 aromatic carbocycles. The molecule has 6 nitrogen and oxygen atoms in total. The van der Waals surface area contributed by atoms with Crippen LogP contribution < -0.4 is 10.1 Å². The summed E-state index contributed by atoms with van der Waals surface area (Å²) >= 11 is 0. The average Bonchev–Trinajstić information content (AvgIpc) is 2.67. The van der Waals surface area contributed by atoms with Crippen molar-refractivity contribution in [3.63, 3.8) is 0 Å². The number of benzene rings is 1. The summed E-state index contributed by atoms with van der Waals surface area (Å²) in [6.07, 6.45) is 4.31.